The highest BCUT2D eigenvalue weighted by Gasteiger charge is 2.40. The number of hydrogen-bond donors (Lipinski definition) is 2. The third kappa shape index (κ3) is 7.11. The van der Waals surface area contributed by atoms with Gasteiger partial charge >= 0.3 is 12.2 Å². The van der Waals surface area contributed by atoms with Gasteiger partial charge in [-0.3, -0.25) is 9.69 Å². The smallest absolute Gasteiger partial charge is 0.353 e. The Kier molecular flexibility index (Phi) is 8.68. The van der Waals surface area contributed by atoms with Crippen molar-refractivity contribution < 1.29 is 27.2 Å². The fraction of sp³-hybridized carbons (Fsp3) is 0.407. The average molecular weight is 592 g/mol. The molecule has 0 atom stereocenters. The first kappa shape index (κ1) is 28.7. The zero-order valence-electron chi connectivity index (χ0n) is 22.1. The topological polar surface area (TPSA) is 93.7 Å². The van der Waals surface area contributed by atoms with Crippen molar-refractivity contribution in [3.05, 3.63) is 64.0 Å². The molecule has 0 radical (unpaired) electrons. The molecule has 41 heavy (non-hydrogen) atoms. The van der Waals surface area contributed by atoms with E-state index in [1.807, 2.05) is 4.90 Å². The quantitative estimate of drug-likeness (QED) is 0.379. The second-order valence-electron chi connectivity index (χ2n) is 9.86. The van der Waals surface area contributed by atoms with Crippen LogP contribution in [0.15, 0.2) is 42.6 Å². The predicted octanol–water partition coefficient (Wildman–Crippen LogP) is 5.29. The fourth-order valence-electron chi connectivity index (χ4n) is 4.82. The molecule has 0 unspecified atom stereocenters. The van der Waals surface area contributed by atoms with E-state index in [9.17, 15) is 27.2 Å². The van der Waals surface area contributed by atoms with Crippen LogP contribution in [-0.4, -0.2) is 71.0 Å². The van der Waals surface area contributed by atoms with E-state index >= 15 is 0 Å². The number of halogens is 4. The second-order valence-corrected chi connectivity index (χ2v) is 10.9. The van der Waals surface area contributed by atoms with Crippen molar-refractivity contribution in [3.8, 4) is 0 Å². The molecule has 4 heterocycles. The lowest BCUT2D eigenvalue weighted by Gasteiger charge is -2.35. The fourth-order valence-corrected chi connectivity index (χ4v) is 5.84. The second kappa shape index (κ2) is 12.4. The third-order valence-electron chi connectivity index (χ3n) is 6.97. The van der Waals surface area contributed by atoms with Gasteiger partial charge in [-0.25, -0.2) is 19.2 Å². The molecule has 0 saturated carbocycles. The maximum atomic E-state index is 13.8. The normalized spacial score (nSPS) is 16.5. The minimum atomic E-state index is -4.75. The van der Waals surface area contributed by atoms with Crippen LogP contribution in [-0.2, 0) is 12.7 Å². The zero-order chi connectivity index (χ0) is 29.0. The van der Waals surface area contributed by atoms with E-state index < -0.39 is 34.5 Å². The van der Waals surface area contributed by atoms with E-state index in [1.54, 1.807) is 29.2 Å². The monoisotopic (exact) mass is 591 g/mol. The molecule has 2 aromatic heterocycles. The number of anilines is 3. The first-order valence-corrected chi connectivity index (χ1v) is 14.1. The average Bonchev–Trinajstić information content (AvgIpc) is 3.40. The molecule has 14 heteroatoms. The van der Waals surface area contributed by atoms with Crippen molar-refractivity contribution in [2.45, 2.75) is 32.0 Å². The highest BCUT2D eigenvalue weighted by Crippen LogP contribution is 2.35. The van der Waals surface area contributed by atoms with Gasteiger partial charge in [-0.15, -0.1) is 11.3 Å². The van der Waals surface area contributed by atoms with Crippen LogP contribution >= 0.6 is 11.3 Å². The Morgan fingerprint density at radius 2 is 1.66 bits per heavy atom. The number of likely N-dealkylation sites (tertiary alicyclic amines) is 1. The van der Waals surface area contributed by atoms with Gasteiger partial charge in [0.25, 0.3) is 5.91 Å². The number of nitrogens with zero attached hydrogens (tertiary/aromatic N) is 5. The number of amides is 3. The molecule has 2 aliphatic rings. The number of alkyl halides is 3. The molecule has 5 rings (SSSR count). The molecule has 2 saturated heterocycles. The molecule has 2 fully saturated rings. The summed E-state index contributed by atoms with van der Waals surface area (Å²) < 4.78 is 54.9. The number of hydrogen-bond acceptors (Lipinski definition) is 7. The van der Waals surface area contributed by atoms with Crippen LogP contribution in [0.5, 0.6) is 0 Å². The van der Waals surface area contributed by atoms with E-state index in [1.165, 1.54) is 18.3 Å². The van der Waals surface area contributed by atoms with Crippen LogP contribution in [0.3, 0.4) is 0 Å². The zero-order valence-corrected chi connectivity index (χ0v) is 22.9. The maximum Gasteiger partial charge on any atom is 0.435 e. The Morgan fingerprint density at radius 1 is 0.927 bits per heavy atom. The van der Waals surface area contributed by atoms with Gasteiger partial charge in [-0.2, -0.15) is 13.2 Å². The molecule has 0 aliphatic carbocycles. The number of piperidine rings is 1. The summed E-state index contributed by atoms with van der Waals surface area (Å²) in [5.74, 6) is -0.808. The van der Waals surface area contributed by atoms with Crippen LogP contribution in [0.2, 0.25) is 0 Å². The lowest BCUT2D eigenvalue weighted by molar-refractivity contribution is -0.141. The minimum absolute atomic E-state index is 0.109. The van der Waals surface area contributed by atoms with Crippen LogP contribution < -0.4 is 15.5 Å². The van der Waals surface area contributed by atoms with E-state index in [-0.39, 0.29) is 22.9 Å². The lowest BCUT2D eigenvalue weighted by Crippen LogP contribution is -2.50. The van der Waals surface area contributed by atoms with Crippen LogP contribution in [0, 0.1) is 5.82 Å². The Bertz CT molecular complexity index is 1370. The highest BCUT2D eigenvalue weighted by atomic mass is 32.1. The van der Waals surface area contributed by atoms with Crippen LogP contribution in [0.4, 0.5) is 39.5 Å². The van der Waals surface area contributed by atoms with Gasteiger partial charge in [-0.1, -0.05) is 18.6 Å². The van der Waals surface area contributed by atoms with Crippen molar-refractivity contribution in [2.24, 2.45) is 0 Å². The molecule has 1 aromatic carbocycles. The standard InChI is InChI=1S/C27H29F4N7O2S/c28-19-6-2-3-7-20(19)34-26(40)38-14-12-37(13-15-38)21-9-8-18(16-32-21)33-25(39)23-24(27(29,30)31)35-22(41-23)17-36-10-4-1-5-11-36/h2-3,6-9,16H,1,4-5,10-15,17H2,(H,33,39)(H,34,40). The molecular weight excluding hydrogens is 562 g/mol. The molecule has 2 N–H and O–H groups in total. The summed E-state index contributed by atoms with van der Waals surface area (Å²) in [4.78, 5) is 38.6. The molecule has 0 bridgehead atoms. The van der Waals surface area contributed by atoms with Gasteiger partial charge in [0.1, 0.15) is 21.5 Å². The largest absolute Gasteiger partial charge is 0.435 e. The predicted molar refractivity (Wildman–Crippen MR) is 148 cm³/mol. The van der Waals surface area contributed by atoms with E-state index in [0.717, 1.165) is 43.7 Å². The molecule has 218 valence electrons. The summed E-state index contributed by atoms with van der Waals surface area (Å²) in [6.07, 6.45) is -0.275. The molecule has 3 aromatic rings. The van der Waals surface area contributed by atoms with Gasteiger partial charge in [0.15, 0.2) is 5.69 Å². The molecule has 0 spiro atoms. The number of benzene rings is 1. The number of carbonyl (C=O) groups excluding carboxylic acids is 2. The van der Waals surface area contributed by atoms with Crippen molar-refractivity contribution in [3.63, 3.8) is 0 Å². The van der Waals surface area contributed by atoms with Crippen LogP contribution in [0.25, 0.3) is 0 Å². The van der Waals surface area contributed by atoms with Gasteiger partial charge < -0.3 is 20.4 Å². The molecule has 2 aliphatic heterocycles. The van der Waals surface area contributed by atoms with E-state index in [0.29, 0.717) is 32.0 Å². The van der Waals surface area contributed by atoms with Gasteiger partial charge in [0.05, 0.1) is 24.1 Å². The van der Waals surface area contributed by atoms with Gasteiger partial charge in [0.2, 0.25) is 0 Å². The Morgan fingerprint density at radius 3 is 2.32 bits per heavy atom. The Balaban J connectivity index is 1.18. The number of pyridine rings is 1. The van der Waals surface area contributed by atoms with Crippen molar-refractivity contribution in [2.75, 3.05) is 54.8 Å². The SMILES string of the molecule is O=C(Nc1ccc(N2CCN(C(=O)Nc3ccccc3F)CC2)nc1)c1sc(CN2CCCCC2)nc1C(F)(F)F. The maximum absolute atomic E-state index is 13.8. The number of thiazole rings is 1. The number of rotatable bonds is 6. The number of para-hydroxylation sites is 1. The number of piperazine rings is 1. The van der Waals surface area contributed by atoms with E-state index in [4.69, 9.17) is 0 Å². The highest BCUT2D eigenvalue weighted by molar-refractivity contribution is 7.14. The third-order valence-corrected chi connectivity index (χ3v) is 8.00. The number of nitrogens with one attached hydrogen (secondary N) is 2. The molecule has 9 nitrogen and oxygen atoms in total. The van der Waals surface area contributed by atoms with Crippen LogP contribution in [0.1, 0.15) is 39.6 Å². The van der Waals surface area contributed by atoms with Crippen molar-refractivity contribution >= 4 is 40.5 Å². The Labute approximate surface area is 238 Å². The minimum Gasteiger partial charge on any atom is -0.353 e. The van der Waals surface area contributed by atoms with Crippen molar-refractivity contribution in [1.29, 1.82) is 0 Å². The summed E-state index contributed by atoms with van der Waals surface area (Å²) in [7, 11) is 0. The first-order chi connectivity index (χ1) is 19.7. The number of urea groups is 1. The van der Waals surface area contributed by atoms with E-state index in [2.05, 4.69) is 25.5 Å². The summed E-state index contributed by atoms with van der Waals surface area (Å²) in [6.45, 7) is 3.59. The number of carbonyl (C=O) groups is 2. The summed E-state index contributed by atoms with van der Waals surface area (Å²) in [5.41, 5.74) is -0.813. The van der Waals surface area contributed by atoms with Gasteiger partial charge in [-0.05, 0) is 50.2 Å². The Hall–Kier alpha value is -3.78. The van der Waals surface area contributed by atoms with Crippen molar-refractivity contribution in [1.82, 2.24) is 19.8 Å². The summed E-state index contributed by atoms with van der Waals surface area (Å²) in [6, 6.07) is 8.76. The summed E-state index contributed by atoms with van der Waals surface area (Å²) >= 11 is 0.765. The van der Waals surface area contributed by atoms with Gasteiger partial charge in [0, 0.05) is 26.2 Å². The molecule has 3 amide bonds. The first-order valence-electron chi connectivity index (χ1n) is 13.3. The number of aromatic nitrogens is 2. The molecular formula is C27H29F4N7O2S. The summed E-state index contributed by atoms with van der Waals surface area (Å²) in [5, 5.41) is 5.35. The lowest BCUT2D eigenvalue weighted by atomic mass is 10.1.